The Morgan fingerprint density at radius 2 is 2.29 bits per heavy atom. The lowest BCUT2D eigenvalue weighted by Gasteiger charge is -2.36. The number of rotatable bonds is 7. The van der Waals surface area contributed by atoms with E-state index < -0.39 is 0 Å². The fourth-order valence-corrected chi connectivity index (χ4v) is 2.97. The Balaban J connectivity index is 1.91. The van der Waals surface area contributed by atoms with Crippen molar-refractivity contribution in [1.82, 2.24) is 10.2 Å². The normalized spacial score (nSPS) is 19.9. The van der Waals surface area contributed by atoms with Crippen LogP contribution in [0.15, 0.2) is 18.2 Å². The van der Waals surface area contributed by atoms with E-state index in [2.05, 4.69) is 10.2 Å². The number of hydrogen-bond acceptors (Lipinski definition) is 3. The van der Waals surface area contributed by atoms with Crippen molar-refractivity contribution in [2.24, 2.45) is 0 Å². The van der Waals surface area contributed by atoms with Gasteiger partial charge in [0.2, 0.25) is 0 Å². The maximum absolute atomic E-state index is 13.9. The maximum Gasteiger partial charge on any atom is 0.129 e. The largest absolute Gasteiger partial charge is 0.383 e. The fraction of sp³-hybridized carbons (Fsp3) is 0.625. The summed E-state index contributed by atoms with van der Waals surface area (Å²) >= 11 is 5.81. The summed E-state index contributed by atoms with van der Waals surface area (Å²) in [5.74, 6) is -0.209. The van der Waals surface area contributed by atoms with Crippen molar-refractivity contribution < 1.29 is 9.13 Å². The molecule has 0 saturated carbocycles. The van der Waals surface area contributed by atoms with Crippen LogP contribution in [-0.2, 0) is 11.3 Å². The molecule has 0 aliphatic carbocycles. The first-order chi connectivity index (χ1) is 10.2. The molecule has 1 N–H and O–H groups in total. The Morgan fingerprint density at radius 3 is 3.05 bits per heavy atom. The number of piperidine rings is 1. The zero-order valence-electron chi connectivity index (χ0n) is 12.6. The second kappa shape index (κ2) is 8.69. The molecule has 0 spiro atoms. The number of likely N-dealkylation sites (tertiary alicyclic amines) is 1. The molecule has 1 aromatic rings. The molecule has 0 radical (unpaired) electrons. The first-order valence-corrected chi connectivity index (χ1v) is 7.96. The lowest BCUT2D eigenvalue weighted by Crippen LogP contribution is -2.45. The SMILES string of the molecule is COCCNCC1CCCCN1Cc1ccc(Cl)cc1F. The van der Waals surface area contributed by atoms with Crippen LogP contribution in [0.4, 0.5) is 4.39 Å². The Morgan fingerprint density at radius 1 is 1.43 bits per heavy atom. The van der Waals surface area contributed by atoms with E-state index in [-0.39, 0.29) is 5.82 Å². The highest BCUT2D eigenvalue weighted by Gasteiger charge is 2.22. The van der Waals surface area contributed by atoms with E-state index in [0.717, 1.165) is 38.2 Å². The van der Waals surface area contributed by atoms with Crippen molar-refractivity contribution in [3.8, 4) is 0 Å². The van der Waals surface area contributed by atoms with E-state index in [1.54, 1.807) is 19.2 Å². The third kappa shape index (κ3) is 5.22. The molecule has 118 valence electrons. The minimum absolute atomic E-state index is 0.209. The monoisotopic (exact) mass is 314 g/mol. The lowest BCUT2D eigenvalue weighted by atomic mass is 10.0. The first kappa shape index (κ1) is 16.7. The number of ether oxygens (including phenoxy) is 1. The van der Waals surface area contributed by atoms with Gasteiger partial charge in [-0.2, -0.15) is 0 Å². The van der Waals surface area contributed by atoms with Crippen molar-refractivity contribution in [3.05, 3.63) is 34.6 Å². The molecule has 1 atom stereocenters. The number of benzene rings is 1. The molecule has 1 aromatic carbocycles. The molecule has 1 heterocycles. The van der Waals surface area contributed by atoms with Gasteiger partial charge >= 0.3 is 0 Å². The molecule has 1 unspecified atom stereocenters. The average molecular weight is 315 g/mol. The smallest absolute Gasteiger partial charge is 0.129 e. The Hall–Kier alpha value is -0.680. The second-order valence-electron chi connectivity index (χ2n) is 5.55. The molecular weight excluding hydrogens is 291 g/mol. The van der Waals surface area contributed by atoms with Gasteiger partial charge in [0.25, 0.3) is 0 Å². The number of methoxy groups -OCH3 is 1. The fourth-order valence-electron chi connectivity index (χ4n) is 2.81. The average Bonchev–Trinajstić information content (AvgIpc) is 2.48. The highest BCUT2D eigenvalue weighted by Crippen LogP contribution is 2.22. The van der Waals surface area contributed by atoms with Gasteiger partial charge in [-0.3, -0.25) is 4.90 Å². The second-order valence-corrected chi connectivity index (χ2v) is 5.99. The highest BCUT2D eigenvalue weighted by molar-refractivity contribution is 6.30. The van der Waals surface area contributed by atoms with Crippen LogP contribution >= 0.6 is 11.6 Å². The summed E-state index contributed by atoms with van der Waals surface area (Å²) in [5.41, 5.74) is 0.725. The molecule has 3 nitrogen and oxygen atoms in total. The maximum atomic E-state index is 13.9. The molecule has 1 aliphatic heterocycles. The van der Waals surface area contributed by atoms with Crippen LogP contribution in [0.5, 0.6) is 0 Å². The molecule has 1 aliphatic rings. The van der Waals surface area contributed by atoms with Crippen LogP contribution in [-0.4, -0.2) is 44.3 Å². The van der Waals surface area contributed by atoms with Crippen LogP contribution < -0.4 is 5.32 Å². The summed E-state index contributed by atoms with van der Waals surface area (Å²) in [6.45, 7) is 4.19. The van der Waals surface area contributed by atoms with E-state index in [0.29, 0.717) is 17.6 Å². The molecule has 1 fully saturated rings. The number of nitrogens with zero attached hydrogens (tertiary/aromatic N) is 1. The van der Waals surface area contributed by atoms with Gasteiger partial charge in [-0.1, -0.05) is 24.1 Å². The summed E-state index contributed by atoms with van der Waals surface area (Å²) in [6.07, 6.45) is 3.59. The molecule has 0 aromatic heterocycles. The van der Waals surface area contributed by atoms with Gasteiger partial charge in [-0.05, 0) is 31.5 Å². The summed E-state index contributed by atoms with van der Waals surface area (Å²) in [6, 6.07) is 5.41. The first-order valence-electron chi connectivity index (χ1n) is 7.58. The molecule has 21 heavy (non-hydrogen) atoms. The van der Waals surface area contributed by atoms with E-state index in [1.807, 2.05) is 0 Å². The Kier molecular flexibility index (Phi) is 6.90. The summed E-state index contributed by atoms with van der Waals surface area (Å²) in [5, 5.41) is 3.87. The van der Waals surface area contributed by atoms with Crippen LogP contribution in [0.3, 0.4) is 0 Å². The highest BCUT2D eigenvalue weighted by atomic mass is 35.5. The number of halogens is 2. The molecule has 0 amide bonds. The number of hydrogen-bond donors (Lipinski definition) is 1. The van der Waals surface area contributed by atoms with E-state index >= 15 is 0 Å². The van der Waals surface area contributed by atoms with Crippen molar-refractivity contribution in [3.63, 3.8) is 0 Å². The summed E-state index contributed by atoms with van der Waals surface area (Å²) < 4.78 is 19.0. The van der Waals surface area contributed by atoms with Gasteiger partial charge in [0, 0.05) is 43.4 Å². The van der Waals surface area contributed by atoms with E-state index in [4.69, 9.17) is 16.3 Å². The zero-order valence-corrected chi connectivity index (χ0v) is 13.3. The quantitative estimate of drug-likeness (QED) is 0.783. The minimum Gasteiger partial charge on any atom is -0.383 e. The van der Waals surface area contributed by atoms with Crippen molar-refractivity contribution >= 4 is 11.6 Å². The summed E-state index contributed by atoms with van der Waals surface area (Å²) in [4.78, 5) is 2.37. The van der Waals surface area contributed by atoms with Gasteiger partial charge < -0.3 is 10.1 Å². The van der Waals surface area contributed by atoms with Gasteiger partial charge in [-0.15, -0.1) is 0 Å². The molecule has 0 bridgehead atoms. The Labute approximate surface area is 131 Å². The number of nitrogens with one attached hydrogen (secondary N) is 1. The lowest BCUT2D eigenvalue weighted by molar-refractivity contribution is 0.131. The molecule has 2 rings (SSSR count). The van der Waals surface area contributed by atoms with Gasteiger partial charge in [0.05, 0.1) is 6.61 Å². The van der Waals surface area contributed by atoms with Gasteiger partial charge in [0.1, 0.15) is 5.82 Å². The minimum atomic E-state index is -0.209. The van der Waals surface area contributed by atoms with Gasteiger partial charge in [-0.25, -0.2) is 4.39 Å². The molecule has 1 saturated heterocycles. The zero-order chi connectivity index (χ0) is 15.1. The molecular formula is C16H24ClFN2O. The Bertz CT molecular complexity index is 444. The molecule has 5 heteroatoms. The van der Waals surface area contributed by atoms with E-state index in [1.165, 1.54) is 18.9 Å². The van der Waals surface area contributed by atoms with E-state index in [9.17, 15) is 4.39 Å². The van der Waals surface area contributed by atoms with Crippen molar-refractivity contribution in [1.29, 1.82) is 0 Å². The predicted octanol–water partition coefficient (Wildman–Crippen LogP) is 3.07. The van der Waals surface area contributed by atoms with Crippen LogP contribution in [0, 0.1) is 5.82 Å². The third-order valence-electron chi connectivity index (χ3n) is 4.00. The van der Waals surface area contributed by atoms with Crippen LogP contribution in [0.25, 0.3) is 0 Å². The summed E-state index contributed by atoms with van der Waals surface area (Å²) in [7, 11) is 1.71. The van der Waals surface area contributed by atoms with Crippen LogP contribution in [0.1, 0.15) is 24.8 Å². The van der Waals surface area contributed by atoms with Crippen molar-refractivity contribution in [2.75, 3.05) is 33.4 Å². The van der Waals surface area contributed by atoms with Gasteiger partial charge in [0.15, 0.2) is 0 Å². The van der Waals surface area contributed by atoms with Crippen LogP contribution in [0.2, 0.25) is 5.02 Å². The third-order valence-corrected chi connectivity index (χ3v) is 4.24. The standard InChI is InChI=1S/C16H24ClFN2O/c1-21-9-7-19-11-15-4-2-3-8-20(15)12-13-5-6-14(17)10-16(13)18/h5-6,10,15,19H,2-4,7-9,11-12H2,1H3. The predicted molar refractivity (Wildman–Crippen MR) is 84.2 cm³/mol. The topological polar surface area (TPSA) is 24.5 Å². The van der Waals surface area contributed by atoms with Crippen molar-refractivity contribution in [2.45, 2.75) is 31.8 Å².